The molecule has 2 aromatic rings. The smallest absolute Gasteiger partial charge is 0.0184 e. The summed E-state index contributed by atoms with van der Waals surface area (Å²) in [6.45, 7) is 11.6. The predicted molar refractivity (Wildman–Crippen MR) is 135 cm³/mol. The fourth-order valence-corrected chi connectivity index (χ4v) is 4.34. The maximum atomic E-state index is 2.41. The van der Waals surface area contributed by atoms with Crippen molar-refractivity contribution in [3.63, 3.8) is 0 Å². The predicted octanol–water partition coefficient (Wildman–Crippen LogP) is 9.64. The highest BCUT2D eigenvalue weighted by atomic mass is 14.1. The van der Waals surface area contributed by atoms with E-state index in [9.17, 15) is 0 Å². The lowest BCUT2D eigenvalue weighted by atomic mass is 9.90. The normalized spacial score (nSPS) is 13.5. The molecule has 166 valence electrons. The van der Waals surface area contributed by atoms with Gasteiger partial charge in [0, 0.05) is 0 Å². The van der Waals surface area contributed by atoms with Crippen LogP contribution < -0.4 is 0 Å². The molecule has 0 nitrogen and oxygen atoms in total. The van der Waals surface area contributed by atoms with Crippen molar-refractivity contribution >= 4 is 0 Å². The number of benzene rings is 2. The maximum absolute atomic E-state index is 2.41. The molecule has 0 aliphatic heterocycles. The Labute approximate surface area is 187 Å². The van der Waals surface area contributed by atoms with Crippen LogP contribution in [-0.2, 0) is 6.42 Å². The quantitative estimate of drug-likeness (QED) is 0.274. The second-order valence-corrected chi connectivity index (χ2v) is 9.94. The third kappa shape index (κ3) is 9.07. The van der Waals surface area contributed by atoms with Gasteiger partial charge in [-0.25, -0.2) is 0 Å². The van der Waals surface area contributed by atoms with Crippen LogP contribution in [0.1, 0.15) is 96.6 Å². The summed E-state index contributed by atoms with van der Waals surface area (Å²) in [7, 11) is 0. The molecule has 0 heteroatoms. The summed E-state index contributed by atoms with van der Waals surface area (Å²) in [5, 5.41) is 0. The second kappa shape index (κ2) is 13.7. The van der Waals surface area contributed by atoms with Gasteiger partial charge < -0.3 is 0 Å². The van der Waals surface area contributed by atoms with Crippen LogP contribution in [0, 0.1) is 24.7 Å². The molecule has 0 fully saturated rings. The molecule has 2 atom stereocenters. The summed E-state index contributed by atoms with van der Waals surface area (Å²) in [6.07, 6.45) is 13.8. The van der Waals surface area contributed by atoms with Crippen LogP contribution in [-0.4, -0.2) is 0 Å². The monoisotopic (exact) mass is 406 g/mol. The molecule has 0 amide bonds. The summed E-state index contributed by atoms with van der Waals surface area (Å²) in [4.78, 5) is 0. The SMILES string of the molecule is CCC(CCCCCCC(C)C(C)C)CCCc1ccc(-c2ccc(C)cc2)cc1. The highest BCUT2D eigenvalue weighted by Gasteiger charge is 2.08. The number of hydrogen-bond donors (Lipinski definition) is 0. The Balaban J connectivity index is 1.62. The Morgan fingerprint density at radius 2 is 1.17 bits per heavy atom. The average Bonchev–Trinajstić information content (AvgIpc) is 2.75. The van der Waals surface area contributed by atoms with Gasteiger partial charge in [0.2, 0.25) is 0 Å². The Kier molecular flexibility index (Phi) is 11.3. The topological polar surface area (TPSA) is 0 Å². The molecule has 0 spiro atoms. The lowest BCUT2D eigenvalue weighted by Gasteiger charge is -2.16. The first-order valence-electron chi connectivity index (χ1n) is 12.7. The van der Waals surface area contributed by atoms with E-state index in [2.05, 4.69) is 83.1 Å². The van der Waals surface area contributed by atoms with E-state index in [0.717, 1.165) is 17.8 Å². The minimum Gasteiger partial charge on any atom is -0.0651 e. The van der Waals surface area contributed by atoms with Gasteiger partial charge in [0.15, 0.2) is 0 Å². The van der Waals surface area contributed by atoms with Gasteiger partial charge in [-0.05, 0) is 54.2 Å². The molecule has 30 heavy (non-hydrogen) atoms. The van der Waals surface area contributed by atoms with Gasteiger partial charge in [-0.1, -0.05) is 133 Å². The first-order chi connectivity index (χ1) is 14.5. The number of rotatable bonds is 14. The first kappa shape index (κ1) is 24.7. The molecule has 2 aromatic carbocycles. The zero-order chi connectivity index (χ0) is 21.8. The molecular formula is C30H46. The Bertz CT molecular complexity index is 677. The fraction of sp³-hybridized carbons (Fsp3) is 0.600. The van der Waals surface area contributed by atoms with Gasteiger partial charge >= 0.3 is 0 Å². The van der Waals surface area contributed by atoms with E-state index in [4.69, 9.17) is 0 Å². The van der Waals surface area contributed by atoms with Crippen molar-refractivity contribution in [3.8, 4) is 11.1 Å². The Morgan fingerprint density at radius 1 is 0.633 bits per heavy atom. The van der Waals surface area contributed by atoms with Gasteiger partial charge in [-0.3, -0.25) is 0 Å². The van der Waals surface area contributed by atoms with Crippen LogP contribution in [0.4, 0.5) is 0 Å². The van der Waals surface area contributed by atoms with Crippen molar-refractivity contribution < 1.29 is 0 Å². The number of unbranched alkanes of at least 4 members (excludes halogenated alkanes) is 3. The average molecular weight is 407 g/mol. The van der Waals surface area contributed by atoms with Crippen molar-refractivity contribution in [2.24, 2.45) is 17.8 Å². The lowest BCUT2D eigenvalue weighted by Crippen LogP contribution is -2.03. The molecule has 0 aromatic heterocycles. The summed E-state index contributed by atoms with van der Waals surface area (Å²) >= 11 is 0. The summed E-state index contributed by atoms with van der Waals surface area (Å²) < 4.78 is 0. The van der Waals surface area contributed by atoms with Crippen molar-refractivity contribution in [2.75, 3.05) is 0 Å². The van der Waals surface area contributed by atoms with Gasteiger partial charge in [0.1, 0.15) is 0 Å². The molecule has 0 saturated heterocycles. The molecular weight excluding hydrogens is 360 g/mol. The zero-order valence-corrected chi connectivity index (χ0v) is 20.4. The summed E-state index contributed by atoms with van der Waals surface area (Å²) in [6, 6.07) is 18.1. The molecule has 0 aliphatic carbocycles. The minimum absolute atomic E-state index is 0.841. The van der Waals surface area contributed by atoms with Crippen molar-refractivity contribution in [1.82, 2.24) is 0 Å². The summed E-state index contributed by atoms with van der Waals surface area (Å²) in [5.41, 5.74) is 5.45. The van der Waals surface area contributed by atoms with Crippen LogP contribution in [0.25, 0.3) is 11.1 Å². The minimum atomic E-state index is 0.841. The maximum Gasteiger partial charge on any atom is -0.0184 e. The third-order valence-electron chi connectivity index (χ3n) is 7.15. The van der Waals surface area contributed by atoms with E-state index in [0.29, 0.717) is 0 Å². The number of hydrogen-bond acceptors (Lipinski definition) is 0. The van der Waals surface area contributed by atoms with E-state index < -0.39 is 0 Å². The second-order valence-electron chi connectivity index (χ2n) is 9.94. The van der Waals surface area contributed by atoms with E-state index in [1.165, 1.54) is 86.5 Å². The zero-order valence-electron chi connectivity index (χ0n) is 20.4. The molecule has 0 bridgehead atoms. The van der Waals surface area contributed by atoms with E-state index >= 15 is 0 Å². The molecule has 0 aliphatic rings. The fourth-order valence-electron chi connectivity index (χ4n) is 4.34. The van der Waals surface area contributed by atoms with E-state index in [1.807, 2.05) is 0 Å². The highest BCUT2D eigenvalue weighted by molar-refractivity contribution is 5.63. The lowest BCUT2D eigenvalue weighted by molar-refractivity contribution is 0.367. The van der Waals surface area contributed by atoms with Crippen molar-refractivity contribution in [3.05, 3.63) is 59.7 Å². The molecule has 2 rings (SSSR count). The van der Waals surface area contributed by atoms with Crippen molar-refractivity contribution in [2.45, 2.75) is 98.8 Å². The number of aryl methyl sites for hydroxylation is 2. The van der Waals surface area contributed by atoms with Gasteiger partial charge in [0.05, 0.1) is 0 Å². The van der Waals surface area contributed by atoms with Gasteiger partial charge in [-0.15, -0.1) is 0 Å². The molecule has 0 radical (unpaired) electrons. The van der Waals surface area contributed by atoms with Crippen LogP contribution in [0.15, 0.2) is 48.5 Å². The highest BCUT2D eigenvalue weighted by Crippen LogP contribution is 2.24. The molecule has 2 unspecified atom stereocenters. The van der Waals surface area contributed by atoms with E-state index in [1.54, 1.807) is 0 Å². The third-order valence-corrected chi connectivity index (χ3v) is 7.15. The molecule has 0 heterocycles. The van der Waals surface area contributed by atoms with Crippen LogP contribution >= 0.6 is 0 Å². The van der Waals surface area contributed by atoms with Crippen LogP contribution in [0.5, 0.6) is 0 Å². The Morgan fingerprint density at radius 3 is 1.73 bits per heavy atom. The largest absolute Gasteiger partial charge is 0.0651 e. The van der Waals surface area contributed by atoms with Gasteiger partial charge in [0.25, 0.3) is 0 Å². The molecule has 0 N–H and O–H groups in total. The first-order valence-corrected chi connectivity index (χ1v) is 12.7. The Hall–Kier alpha value is -1.56. The molecule has 0 saturated carbocycles. The summed E-state index contributed by atoms with van der Waals surface area (Å²) in [5.74, 6) is 2.65. The van der Waals surface area contributed by atoms with Crippen LogP contribution in [0.3, 0.4) is 0 Å². The van der Waals surface area contributed by atoms with Crippen LogP contribution in [0.2, 0.25) is 0 Å². The van der Waals surface area contributed by atoms with Gasteiger partial charge in [-0.2, -0.15) is 0 Å². The standard InChI is InChI=1S/C30H46/c1-6-27(13-10-8-7-9-12-26(5)24(2)3)14-11-15-28-18-22-30(23-19-28)29-20-16-25(4)17-21-29/h16-24,26-27H,6-15H2,1-5H3. The van der Waals surface area contributed by atoms with E-state index in [-0.39, 0.29) is 0 Å². The van der Waals surface area contributed by atoms with Crippen molar-refractivity contribution in [1.29, 1.82) is 0 Å².